The van der Waals surface area contributed by atoms with E-state index in [1.54, 1.807) is 0 Å². The predicted octanol–water partition coefficient (Wildman–Crippen LogP) is 1.27. The first-order chi connectivity index (χ1) is 10.6. The number of aromatic nitrogens is 5. The van der Waals surface area contributed by atoms with E-state index in [2.05, 4.69) is 47.8 Å². The molecule has 0 aliphatic carbocycles. The summed E-state index contributed by atoms with van der Waals surface area (Å²) in [6.07, 6.45) is 0. The fourth-order valence-electron chi connectivity index (χ4n) is 3.07. The minimum Gasteiger partial charge on any atom is -0.344 e. The molecule has 0 spiro atoms. The molecule has 22 heavy (non-hydrogen) atoms. The molecule has 2 aromatic heterocycles. The second-order valence-corrected chi connectivity index (χ2v) is 7.16. The van der Waals surface area contributed by atoms with Crippen molar-refractivity contribution >= 4 is 16.7 Å². The third kappa shape index (κ3) is 2.30. The first-order valence-electron chi connectivity index (χ1n) is 7.83. The molecule has 8 heteroatoms. The standard InChI is InChI=1S/C14H21N7S/c1-9(2)13-15-14(22-18-13)20-6-11(7-20)19-4-5-21-10(3)16-17-12(21)8-19/h9,11H,4-8H2,1-3H3. The zero-order chi connectivity index (χ0) is 15.3. The van der Waals surface area contributed by atoms with Crippen LogP contribution in [0.15, 0.2) is 0 Å². The number of hydrogen-bond acceptors (Lipinski definition) is 7. The summed E-state index contributed by atoms with van der Waals surface area (Å²) in [6.45, 7) is 11.4. The summed E-state index contributed by atoms with van der Waals surface area (Å²) in [4.78, 5) is 9.49. The Bertz CT molecular complexity index is 671. The van der Waals surface area contributed by atoms with E-state index in [4.69, 9.17) is 0 Å². The Labute approximate surface area is 134 Å². The highest BCUT2D eigenvalue weighted by Crippen LogP contribution is 2.28. The van der Waals surface area contributed by atoms with Crippen LogP contribution in [0.4, 0.5) is 5.13 Å². The third-order valence-corrected chi connectivity index (χ3v) is 5.36. The summed E-state index contributed by atoms with van der Waals surface area (Å²) in [5.41, 5.74) is 0. The van der Waals surface area contributed by atoms with E-state index in [1.807, 2.05) is 6.92 Å². The molecule has 2 aliphatic heterocycles. The van der Waals surface area contributed by atoms with Crippen LogP contribution in [-0.4, -0.2) is 54.7 Å². The van der Waals surface area contributed by atoms with Gasteiger partial charge in [0.25, 0.3) is 0 Å². The van der Waals surface area contributed by atoms with Crippen LogP contribution in [0.3, 0.4) is 0 Å². The molecule has 0 amide bonds. The van der Waals surface area contributed by atoms with Gasteiger partial charge >= 0.3 is 0 Å². The lowest BCUT2D eigenvalue weighted by Crippen LogP contribution is -2.60. The van der Waals surface area contributed by atoms with Gasteiger partial charge in [-0.15, -0.1) is 10.2 Å². The topological polar surface area (TPSA) is 63.0 Å². The normalized spacial score (nSPS) is 19.5. The van der Waals surface area contributed by atoms with Gasteiger partial charge in [-0.25, -0.2) is 4.98 Å². The number of aryl methyl sites for hydroxylation is 1. The fourth-order valence-corrected chi connectivity index (χ4v) is 3.89. The van der Waals surface area contributed by atoms with E-state index in [-0.39, 0.29) is 0 Å². The highest BCUT2D eigenvalue weighted by Gasteiger charge is 2.35. The van der Waals surface area contributed by atoms with E-state index in [1.165, 1.54) is 11.5 Å². The zero-order valence-electron chi connectivity index (χ0n) is 13.2. The van der Waals surface area contributed by atoms with E-state index in [9.17, 15) is 0 Å². The molecule has 7 nitrogen and oxygen atoms in total. The molecule has 118 valence electrons. The smallest absolute Gasteiger partial charge is 0.205 e. The molecule has 0 N–H and O–H groups in total. The van der Waals surface area contributed by atoms with Gasteiger partial charge in [-0.3, -0.25) is 4.90 Å². The van der Waals surface area contributed by atoms with Crippen LogP contribution in [0.2, 0.25) is 0 Å². The lowest BCUT2D eigenvalue weighted by atomic mass is 10.1. The molecule has 1 fully saturated rings. The van der Waals surface area contributed by atoms with Crippen molar-refractivity contribution in [3.05, 3.63) is 17.5 Å². The SMILES string of the molecule is Cc1nnc2n1CCN(C1CN(c3nc(C(C)C)ns3)C1)C2. The van der Waals surface area contributed by atoms with Gasteiger partial charge in [0.2, 0.25) is 5.13 Å². The summed E-state index contributed by atoms with van der Waals surface area (Å²) in [6, 6.07) is 0.595. The summed E-state index contributed by atoms with van der Waals surface area (Å²) < 4.78 is 6.67. The van der Waals surface area contributed by atoms with Gasteiger partial charge in [0, 0.05) is 49.7 Å². The number of hydrogen-bond donors (Lipinski definition) is 0. The van der Waals surface area contributed by atoms with E-state index in [0.29, 0.717) is 12.0 Å². The van der Waals surface area contributed by atoms with Crippen molar-refractivity contribution in [2.75, 3.05) is 24.5 Å². The summed E-state index contributed by atoms with van der Waals surface area (Å²) in [5, 5.41) is 9.53. The highest BCUT2D eigenvalue weighted by atomic mass is 32.1. The van der Waals surface area contributed by atoms with Crippen molar-refractivity contribution in [3.63, 3.8) is 0 Å². The Morgan fingerprint density at radius 1 is 1.18 bits per heavy atom. The van der Waals surface area contributed by atoms with Gasteiger partial charge in [-0.1, -0.05) is 13.8 Å². The van der Waals surface area contributed by atoms with E-state index in [0.717, 1.165) is 55.3 Å². The van der Waals surface area contributed by atoms with Gasteiger partial charge in [-0.05, 0) is 6.92 Å². The molecule has 0 saturated carbocycles. The van der Waals surface area contributed by atoms with Gasteiger partial charge in [0.05, 0.1) is 6.54 Å². The number of fused-ring (bicyclic) bond motifs is 1. The summed E-state index contributed by atoms with van der Waals surface area (Å²) in [5.74, 6) is 3.49. The fraction of sp³-hybridized carbons (Fsp3) is 0.714. The Morgan fingerprint density at radius 3 is 2.73 bits per heavy atom. The van der Waals surface area contributed by atoms with Crippen LogP contribution in [-0.2, 0) is 13.1 Å². The van der Waals surface area contributed by atoms with Crippen LogP contribution in [0.1, 0.15) is 37.2 Å². The third-order valence-electron chi connectivity index (χ3n) is 4.56. The van der Waals surface area contributed by atoms with E-state index >= 15 is 0 Å². The van der Waals surface area contributed by atoms with Crippen LogP contribution >= 0.6 is 11.5 Å². The number of nitrogens with zero attached hydrogens (tertiary/aromatic N) is 7. The largest absolute Gasteiger partial charge is 0.344 e. The Morgan fingerprint density at radius 2 is 2.00 bits per heavy atom. The molecule has 1 saturated heterocycles. The maximum Gasteiger partial charge on any atom is 0.205 e. The van der Waals surface area contributed by atoms with Crippen molar-refractivity contribution in [2.24, 2.45) is 0 Å². The van der Waals surface area contributed by atoms with Gasteiger partial charge in [-0.2, -0.15) is 4.37 Å². The number of rotatable bonds is 3. The first kappa shape index (κ1) is 14.1. The highest BCUT2D eigenvalue weighted by molar-refractivity contribution is 7.09. The van der Waals surface area contributed by atoms with Crippen molar-refractivity contribution in [3.8, 4) is 0 Å². The van der Waals surface area contributed by atoms with Gasteiger partial charge in [0.15, 0.2) is 0 Å². The Balaban J connectivity index is 1.37. The summed E-state index contributed by atoms with van der Waals surface area (Å²) >= 11 is 1.52. The van der Waals surface area contributed by atoms with Gasteiger partial charge < -0.3 is 9.47 Å². The summed E-state index contributed by atoms with van der Waals surface area (Å²) in [7, 11) is 0. The van der Waals surface area contributed by atoms with Crippen molar-refractivity contribution in [2.45, 2.75) is 45.8 Å². The molecule has 4 rings (SSSR count). The number of anilines is 1. The molecule has 0 bridgehead atoms. The molecule has 0 unspecified atom stereocenters. The Hall–Kier alpha value is -1.54. The van der Waals surface area contributed by atoms with Crippen molar-refractivity contribution in [1.29, 1.82) is 0 Å². The molecular weight excluding hydrogens is 298 g/mol. The minimum absolute atomic E-state index is 0.402. The van der Waals surface area contributed by atoms with Crippen LogP contribution in [0, 0.1) is 6.92 Å². The van der Waals surface area contributed by atoms with Crippen LogP contribution < -0.4 is 4.90 Å². The second kappa shape index (κ2) is 5.27. The molecular formula is C14H21N7S. The van der Waals surface area contributed by atoms with E-state index < -0.39 is 0 Å². The zero-order valence-corrected chi connectivity index (χ0v) is 14.0. The van der Waals surface area contributed by atoms with Crippen LogP contribution in [0.5, 0.6) is 0 Å². The maximum atomic E-state index is 4.64. The van der Waals surface area contributed by atoms with Gasteiger partial charge in [0.1, 0.15) is 17.5 Å². The lowest BCUT2D eigenvalue weighted by Gasteiger charge is -2.46. The molecule has 0 atom stereocenters. The predicted molar refractivity (Wildman–Crippen MR) is 85.2 cm³/mol. The average molecular weight is 319 g/mol. The quantitative estimate of drug-likeness (QED) is 0.849. The Kier molecular flexibility index (Phi) is 3.37. The molecule has 0 radical (unpaired) electrons. The molecule has 2 aromatic rings. The second-order valence-electron chi connectivity index (χ2n) is 6.43. The van der Waals surface area contributed by atoms with Crippen LogP contribution in [0.25, 0.3) is 0 Å². The maximum absolute atomic E-state index is 4.64. The van der Waals surface area contributed by atoms with Crippen molar-refractivity contribution < 1.29 is 0 Å². The first-order valence-corrected chi connectivity index (χ1v) is 8.60. The lowest BCUT2D eigenvalue weighted by molar-refractivity contribution is 0.128. The molecule has 2 aliphatic rings. The van der Waals surface area contributed by atoms with Crippen molar-refractivity contribution in [1.82, 2.24) is 29.0 Å². The monoisotopic (exact) mass is 319 g/mol. The molecule has 0 aromatic carbocycles. The minimum atomic E-state index is 0.402. The average Bonchev–Trinajstić information content (AvgIpc) is 3.05. The molecule has 4 heterocycles.